The molecule has 1 N–H and O–H groups in total. The second-order valence-corrected chi connectivity index (χ2v) is 4.27. The first kappa shape index (κ1) is 15.8. The van der Waals surface area contributed by atoms with Crippen LogP contribution in [0.25, 0.3) is 0 Å². The molecule has 108 valence electrons. The molecule has 5 heteroatoms. The highest BCUT2D eigenvalue weighted by atomic mass is 16.5. The molecule has 1 rings (SSSR count). The quantitative estimate of drug-likeness (QED) is 0.736. The molecule has 0 spiro atoms. The van der Waals surface area contributed by atoms with E-state index < -0.39 is 0 Å². The van der Waals surface area contributed by atoms with Gasteiger partial charge in [0.15, 0.2) is 11.5 Å². The molecule has 1 aromatic carbocycles. The molecule has 0 aliphatic heterocycles. The zero-order valence-corrected chi connectivity index (χ0v) is 11.9. The lowest BCUT2D eigenvalue weighted by molar-refractivity contribution is 0.110. The van der Waals surface area contributed by atoms with Gasteiger partial charge in [-0.15, -0.1) is 0 Å². The third-order valence-electron chi connectivity index (χ3n) is 2.87. The summed E-state index contributed by atoms with van der Waals surface area (Å²) in [7, 11) is 4.93. The van der Waals surface area contributed by atoms with Gasteiger partial charge in [0.05, 0.1) is 20.3 Å². The van der Waals surface area contributed by atoms with Crippen molar-refractivity contribution in [2.75, 3.05) is 47.6 Å². The van der Waals surface area contributed by atoms with Gasteiger partial charge in [-0.1, -0.05) is 6.07 Å². The zero-order chi connectivity index (χ0) is 14.1. The van der Waals surface area contributed by atoms with Crippen LogP contribution in [-0.2, 0) is 16.0 Å². The Bertz CT molecular complexity index is 362. The standard InChI is InChI=1S/C14H23NO4/c1-17-8-6-15(7-9-18-2)11-12-4-5-13(16)14(10-12)19-3/h4-5,10,16H,6-9,11H2,1-3H3. The van der Waals surface area contributed by atoms with E-state index >= 15 is 0 Å². The van der Waals surface area contributed by atoms with Gasteiger partial charge in [-0.2, -0.15) is 0 Å². The van der Waals surface area contributed by atoms with Crippen molar-refractivity contribution in [1.82, 2.24) is 4.90 Å². The highest BCUT2D eigenvalue weighted by Gasteiger charge is 2.08. The largest absolute Gasteiger partial charge is 0.504 e. The van der Waals surface area contributed by atoms with E-state index in [0.29, 0.717) is 19.0 Å². The maximum absolute atomic E-state index is 9.57. The predicted octanol–water partition coefficient (Wildman–Crippen LogP) is 1.50. The van der Waals surface area contributed by atoms with Crippen LogP contribution in [0.4, 0.5) is 0 Å². The molecule has 0 bridgehead atoms. The first-order valence-electron chi connectivity index (χ1n) is 6.27. The third kappa shape index (κ3) is 5.46. The second-order valence-electron chi connectivity index (χ2n) is 4.27. The van der Waals surface area contributed by atoms with Crippen LogP contribution in [0.1, 0.15) is 5.56 Å². The zero-order valence-electron chi connectivity index (χ0n) is 11.9. The Morgan fingerprint density at radius 3 is 2.21 bits per heavy atom. The van der Waals surface area contributed by atoms with Crippen molar-refractivity contribution in [2.24, 2.45) is 0 Å². The highest BCUT2D eigenvalue weighted by molar-refractivity contribution is 5.41. The van der Waals surface area contributed by atoms with Crippen LogP contribution in [0.3, 0.4) is 0 Å². The molecule has 19 heavy (non-hydrogen) atoms. The molecule has 0 atom stereocenters. The summed E-state index contributed by atoms with van der Waals surface area (Å²) in [6.45, 7) is 3.80. The van der Waals surface area contributed by atoms with E-state index in [-0.39, 0.29) is 5.75 Å². The molecule has 0 saturated heterocycles. The molecule has 0 aliphatic rings. The fourth-order valence-corrected chi connectivity index (χ4v) is 1.79. The van der Waals surface area contributed by atoms with Gasteiger partial charge in [0.2, 0.25) is 0 Å². The van der Waals surface area contributed by atoms with Crippen molar-refractivity contribution in [2.45, 2.75) is 6.54 Å². The minimum atomic E-state index is 0.159. The lowest BCUT2D eigenvalue weighted by Crippen LogP contribution is -2.30. The third-order valence-corrected chi connectivity index (χ3v) is 2.87. The molecule has 0 radical (unpaired) electrons. The van der Waals surface area contributed by atoms with Crippen LogP contribution in [0, 0.1) is 0 Å². The smallest absolute Gasteiger partial charge is 0.160 e. The summed E-state index contributed by atoms with van der Waals surface area (Å²) in [5, 5.41) is 9.57. The van der Waals surface area contributed by atoms with Gasteiger partial charge in [-0.3, -0.25) is 4.90 Å². The number of nitrogens with zero attached hydrogens (tertiary/aromatic N) is 1. The molecule has 5 nitrogen and oxygen atoms in total. The Hall–Kier alpha value is -1.30. The Morgan fingerprint density at radius 1 is 1.05 bits per heavy atom. The van der Waals surface area contributed by atoms with Gasteiger partial charge >= 0.3 is 0 Å². The average Bonchev–Trinajstić information content (AvgIpc) is 2.43. The van der Waals surface area contributed by atoms with E-state index in [1.807, 2.05) is 12.1 Å². The van der Waals surface area contributed by atoms with E-state index in [1.165, 1.54) is 0 Å². The van der Waals surface area contributed by atoms with Gasteiger partial charge < -0.3 is 19.3 Å². The van der Waals surface area contributed by atoms with Crippen LogP contribution in [0.5, 0.6) is 11.5 Å². The van der Waals surface area contributed by atoms with Crippen molar-refractivity contribution in [3.63, 3.8) is 0 Å². The van der Waals surface area contributed by atoms with Crippen LogP contribution < -0.4 is 4.74 Å². The highest BCUT2D eigenvalue weighted by Crippen LogP contribution is 2.26. The normalized spacial score (nSPS) is 10.9. The number of ether oxygens (including phenoxy) is 3. The molecule has 0 aliphatic carbocycles. The lowest BCUT2D eigenvalue weighted by atomic mass is 10.2. The number of methoxy groups -OCH3 is 3. The second kappa shape index (κ2) is 8.74. The number of hydrogen-bond donors (Lipinski definition) is 1. The van der Waals surface area contributed by atoms with E-state index in [0.717, 1.165) is 25.2 Å². The number of phenols is 1. The predicted molar refractivity (Wildman–Crippen MR) is 73.7 cm³/mol. The topological polar surface area (TPSA) is 51.2 Å². The van der Waals surface area contributed by atoms with Gasteiger partial charge in [0.1, 0.15) is 0 Å². The molecule has 0 unspecified atom stereocenters. The summed E-state index contributed by atoms with van der Waals surface area (Å²) in [6.07, 6.45) is 0. The van der Waals surface area contributed by atoms with E-state index in [1.54, 1.807) is 27.4 Å². The number of benzene rings is 1. The van der Waals surface area contributed by atoms with Crippen LogP contribution >= 0.6 is 0 Å². The molecule has 0 aromatic heterocycles. The fraction of sp³-hybridized carbons (Fsp3) is 0.571. The summed E-state index contributed by atoms with van der Waals surface area (Å²) in [5.74, 6) is 0.655. The monoisotopic (exact) mass is 269 g/mol. The summed E-state index contributed by atoms with van der Waals surface area (Å²) in [5.41, 5.74) is 1.09. The summed E-state index contributed by atoms with van der Waals surface area (Å²) in [4.78, 5) is 2.23. The average molecular weight is 269 g/mol. The summed E-state index contributed by atoms with van der Waals surface area (Å²) in [6, 6.07) is 5.39. The molecular formula is C14H23NO4. The van der Waals surface area contributed by atoms with Crippen LogP contribution in [0.15, 0.2) is 18.2 Å². The van der Waals surface area contributed by atoms with Crippen molar-refractivity contribution in [1.29, 1.82) is 0 Å². The van der Waals surface area contributed by atoms with E-state index in [2.05, 4.69) is 4.90 Å². The molecule has 0 heterocycles. The van der Waals surface area contributed by atoms with Crippen molar-refractivity contribution in [3.05, 3.63) is 23.8 Å². The maximum atomic E-state index is 9.57. The van der Waals surface area contributed by atoms with Crippen LogP contribution in [0.2, 0.25) is 0 Å². The Labute approximate surface area is 114 Å². The number of rotatable bonds is 9. The van der Waals surface area contributed by atoms with Crippen LogP contribution in [-0.4, -0.2) is 57.6 Å². The molecule has 1 aromatic rings. The van der Waals surface area contributed by atoms with E-state index in [4.69, 9.17) is 14.2 Å². The minimum absolute atomic E-state index is 0.159. The number of hydrogen-bond acceptors (Lipinski definition) is 5. The van der Waals surface area contributed by atoms with Gasteiger partial charge in [-0.25, -0.2) is 0 Å². The first-order chi connectivity index (χ1) is 9.21. The minimum Gasteiger partial charge on any atom is -0.504 e. The maximum Gasteiger partial charge on any atom is 0.160 e. The van der Waals surface area contributed by atoms with Crippen molar-refractivity contribution >= 4 is 0 Å². The van der Waals surface area contributed by atoms with Gasteiger partial charge in [0.25, 0.3) is 0 Å². The molecule has 0 amide bonds. The molecule has 0 fully saturated rings. The van der Waals surface area contributed by atoms with Crippen molar-refractivity contribution < 1.29 is 19.3 Å². The number of aromatic hydroxyl groups is 1. The molecular weight excluding hydrogens is 246 g/mol. The first-order valence-corrected chi connectivity index (χ1v) is 6.27. The lowest BCUT2D eigenvalue weighted by Gasteiger charge is -2.22. The van der Waals surface area contributed by atoms with Gasteiger partial charge in [-0.05, 0) is 17.7 Å². The van der Waals surface area contributed by atoms with Gasteiger partial charge in [0, 0.05) is 33.9 Å². The fourth-order valence-electron chi connectivity index (χ4n) is 1.79. The SMILES string of the molecule is COCCN(CCOC)Cc1ccc(O)c(OC)c1. The van der Waals surface area contributed by atoms with Crippen molar-refractivity contribution in [3.8, 4) is 11.5 Å². The Balaban J connectivity index is 2.65. The summed E-state index contributed by atoms with van der Waals surface area (Å²) >= 11 is 0. The number of phenolic OH excluding ortho intramolecular Hbond substituents is 1. The molecule has 0 saturated carbocycles. The summed E-state index contributed by atoms with van der Waals surface area (Å²) < 4.78 is 15.3. The Morgan fingerprint density at radius 2 is 1.68 bits per heavy atom. The van der Waals surface area contributed by atoms with E-state index in [9.17, 15) is 5.11 Å². The Kier molecular flexibility index (Phi) is 7.25.